The molecule has 3 nitrogen and oxygen atoms in total. The first kappa shape index (κ1) is 12.3. The molecule has 0 aliphatic heterocycles. The summed E-state index contributed by atoms with van der Waals surface area (Å²) in [5, 5.41) is 3.98. The third-order valence-electron chi connectivity index (χ3n) is 2.66. The number of hydrogen-bond donors (Lipinski definition) is 0. The fourth-order valence-electron chi connectivity index (χ4n) is 1.52. The van der Waals surface area contributed by atoms with Crippen molar-refractivity contribution in [3.63, 3.8) is 0 Å². The van der Waals surface area contributed by atoms with E-state index in [1.54, 1.807) is 6.08 Å². The standard InChI is InChI=1S/C15H15NO2/c1-3-13(17)8-9-14-10-15(16-18-14)12-6-4-11(2)5-7-12/h4-10H,3H2,1-2H3/b9-8+. The fourth-order valence-corrected chi connectivity index (χ4v) is 1.52. The van der Waals surface area contributed by atoms with Crippen molar-refractivity contribution in [2.24, 2.45) is 0 Å². The number of ketones is 1. The quantitative estimate of drug-likeness (QED) is 0.767. The zero-order chi connectivity index (χ0) is 13.0. The highest BCUT2D eigenvalue weighted by atomic mass is 16.5. The number of nitrogens with zero attached hydrogens (tertiary/aromatic N) is 1. The van der Waals surface area contributed by atoms with E-state index in [0.29, 0.717) is 12.2 Å². The van der Waals surface area contributed by atoms with Crippen molar-refractivity contribution in [3.05, 3.63) is 47.7 Å². The lowest BCUT2D eigenvalue weighted by Gasteiger charge is -1.95. The van der Waals surface area contributed by atoms with E-state index in [9.17, 15) is 4.79 Å². The van der Waals surface area contributed by atoms with Crippen LogP contribution in [0.15, 0.2) is 40.9 Å². The highest BCUT2D eigenvalue weighted by Gasteiger charge is 2.04. The lowest BCUT2D eigenvalue weighted by Crippen LogP contribution is -1.85. The largest absolute Gasteiger partial charge is 0.356 e. The van der Waals surface area contributed by atoms with Crippen LogP contribution >= 0.6 is 0 Å². The molecule has 0 unspecified atom stereocenters. The van der Waals surface area contributed by atoms with Crippen LogP contribution in [0.2, 0.25) is 0 Å². The van der Waals surface area contributed by atoms with Gasteiger partial charge in [0.05, 0.1) is 0 Å². The topological polar surface area (TPSA) is 43.1 Å². The normalized spacial score (nSPS) is 11.0. The lowest BCUT2D eigenvalue weighted by atomic mass is 10.1. The van der Waals surface area contributed by atoms with Crippen molar-refractivity contribution in [1.82, 2.24) is 5.16 Å². The Morgan fingerprint density at radius 3 is 2.72 bits per heavy atom. The van der Waals surface area contributed by atoms with E-state index in [0.717, 1.165) is 11.3 Å². The minimum Gasteiger partial charge on any atom is -0.356 e. The molecule has 2 rings (SSSR count). The molecule has 1 aromatic carbocycles. The zero-order valence-corrected chi connectivity index (χ0v) is 10.5. The van der Waals surface area contributed by atoms with Crippen LogP contribution in [0.25, 0.3) is 17.3 Å². The SMILES string of the molecule is CCC(=O)/C=C/c1cc(-c2ccc(C)cc2)no1. The first-order chi connectivity index (χ1) is 8.69. The summed E-state index contributed by atoms with van der Waals surface area (Å²) in [4.78, 5) is 11.2. The molecule has 0 atom stereocenters. The van der Waals surface area contributed by atoms with E-state index in [2.05, 4.69) is 5.16 Å². The van der Waals surface area contributed by atoms with Crippen molar-refractivity contribution >= 4 is 11.9 Å². The van der Waals surface area contributed by atoms with Gasteiger partial charge in [-0.05, 0) is 19.1 Å². The fraction of sp³-hybridized carbons (Fsp3) is 0.200. The van der Waals surface area contributed by atoms with E-state index in [1.807, 2.05) is 44.2 Å². The minimum absolute atomic E-state index is 0.0725. The lowest BCUT2D eigenvalue weighted by molar-refractivity contribution is -0.114. The van der Waals surface area contributed by atoms with Crippen LogP contribution in [-0.4, -0.2) is 10.9 Å². The van der Waals surface area contributed by atoms with Gasteiger partial charge in [0.25, 0.3) is 0 Å². The molecule has 0 amide bonds. The Hall–Kier alpha value is -2.16. The smallest absolute Gasteiger partial charge is 0.160 e. The van der Waals surface area contributed by atoms with Gasteiger partial charge in [0.15, 0.2) is 11.5 Å². The first-order valence-electron chi connectivity index (χ1n) is 5.93. The molecule has 0 saturated carbocycles. The van der Waals surface area contributed by atoms with Crippen molar-refractivity contribution < 1.29 is 9.32 Å². The van der Waals surface area contributed by atoms with Crippen LogP contribution in [-0.2, 0) is 4.79 Å². The average Bonchev–Trinajstić information content (AvgIpc) is 2.85. The number of aryl methyl sites for hydroxylation is 1. The second-order valence-electron chi connectivity index (χ2n) is 4.13. The van der Waals surface area contributed by atoms with Crippen LogP contribution in [0, 0.1) is 6.92 Å². The van der Waals surface area contributed by atoms with Gasteiger partial charge in [0, 0.05) is 18.1 Å². The van der Waals surface area contributed by atoms with E-state index < -0.39 is 0 Å². The molecule has 0 aliphatic rings. The first-order valence-corrected chi connectivity index (χ1v) is 5.93. The second kappa shape index (κ2) is 5.45. The van der Waals surface area contributed by atoms with Crippen molar-refractivity contribution in [1.29, 1.82) is 0 Å². The molecule has 0 N–H and O–H groups in total. The Morgan fingerprint density at radius 2 is 2.06 bits per heavy atom. The third-order valence-corrected chi connectivity index (χ3v) is 2.66. The highest BCUT2D eigenvalue weighted by Crippen LogP contribution is 2.20. The zero-order valence-electron chi connectivity index (χ0n) is 10.5. The summed E-state index contributed by atoms with van der Waals surface area (Å²) in [7, 11) is 0. The van der Waals surface area contributed by atoms with Crippen molar-refractivity contribution in [3.8, 4) is 11.3 Å². The summed E-state index contributed by atoms with van der Waals surface area (Å²) >= 11 is 0. The van der Waals surface area contributed by atoms with Crippen LogP contribution in [0.1, 0.15) is 24.7 Å². The van der Waals surface area contributed by atoms with Gasteiger partial charge in [-0.25, -0.2) is 0 Å². The summed E-state index contributed by atoms with van der Waals surface area (Å²) in [6.07, 6.45) is 3.66. The van der Waals surface area contributed by atoms with Gasteiger partial charge < -0.3 is 4.52 Å². The van der Waals surface area contributed by atoms with Crippen LogP contribution in [0.3, 0.4) is 0 Å². The molecule has 3 heteroatoms. The summed E-state index contributed by atoms with van der Waals surface area (Å²) in [5.41, 5.74) is 2.99. The minimum atomic E-state index is 0.0725. The third kappa shape index (κ3) is 2.94. The number of hydrogen-bond acceptors (Lipinski definition) is 3. The van der Waals surface area contributed by atoms with Gasteiger partial charge in [0.2, 0.25) is 0 Å². The highest BCUT2D eigenvalue weighted by molar-refractivity contribution is 5.93. The molecule has 0 bridgehead atoms. The van der Waals surface area contributed by atoms with Gasteiger partial charge >= 0.3 is 0 Å². The van der Waals surface area contributed by atoms with E-state index in [1.165, 1.54) is 11.6 Å². The summed E-state index contributed by atoms with van der Waals surface area (Å²) in [6.45, 7) is 3.86. The average molecular weight is 241 g/mol. The molecule has 0 radical (unpaired) electrons. The number of benzene rings is 1. The number of aromatic nitrogens is 1. The predicted molar refractivity (Wildman–Crippen MR) is 71.0 cm³/mol. The van der Waals surface area contributed by atoms with E-state index in [-0.39, 0.29) is 5.78 Å². The van der Waals surface area contributed by atoms with E-state index >= 15 is 0 Å². The summed E-state index contributed by atoms with van der Waals surface area (Å²) in [5.74, 6) is 0.663. The van der Waals surface area contributed by atoms with Gasteiger partial charge in [-0.3, -0.25) is 4.79 Å². The van der Waals surface area contributed by atoms with Gasteiger partial charge in [-0.1, -0.05) is 41.9 Å². The Kier molecular flexibility index (Phi) is 3.72. The van der Waals surface area contributed by atoms with Crippen LogP contribution in [0.5, 0.6) is 0 Å². The molecule has 0 spiro atoms. The number of allylic oxidation sites excluding steroid dienone is 1. The van der Waals surface area contributed by atoms with Gasteiger partial charge in [-0.15, -0.1) is 0 Å². The molecule has 0 fully saturated rings. The van der Waals surface area contributed by atoms with Crippen molar-refractivity contribution in [2.75, 3.05) is 0 Å². The summed E-state index contributed by atoms with van der Waals surface area (Å²) in [6, 6.07) is 9.88. The predicted octanol–water partition coefficient (Wildman–Crippen LogP) is 3.64. The van der Waals surface area contributed by atoms with Crippen LogP contribution < -0.4 is 0 Å². The number of carbonyl (C=O) groups is 1. The molecule has 92 valence electrons. The molecule has 18 heavy (non-hydrogen) atoms. The molecule has 0 aliphatic carbocycles. The summed E-state index contributed by atoms with van der Waals surface area (Å²) < 4.78 is 5.16. The molecule has 1 aromatic heterocycles. The number of carbonyl (C=O) groups excluding carboxylic acids is 1. The van der Waals surface area contributed by atoms with Crippen molar-refractivity contribution in [2.45, 2.75) is 20.3 Å². The van der Waals surface area contributed by atoms with Crippen LogP contribution in [0.4, 0.5) is 0 Å². The monoisotopic (exact) mass is 241 g/mol. The maximum atomic E-state index is 11.2. The van der Waals surface area contributed by atoms with Gasteiger partial charge in [-0.2, -0.15) is 0 Å². The Morgan fingerprint density at radius 1 is 1.33 bits per heavy atom. The Bertz CT molecular complexity index is 564. The molecular formula is C15H15NO2. The molecule has 0 saturated heterocycles. The Balaban J connectivity index is 2.18. The maximum Gasteiger partial charge on any atom is 0.160 e. The van der Waals surface area contributed by atoms with Gasteiger partial charge in [0.1, 0.15) is 5.69 Å². The molecule has 2 aromatic rings. The number of rotatable bonds is 4. The van der Waals surface area contributed by atoms with E-state index in [4.69, 9.17) is 4.52 Å². The second-order valence-corrected chi connectivity index (χ2v) is 4.13. The molecule has 1 heterocycles. The maximum absolute atomic E-state index is 11.2. The molecular weight excluding hydrogens is 226 g/mol. The Labute approximate surface area is 106 Å².